The van der Waals surface area contributed by atoms with Gasteiger partial charge in [-0.15, -0.1) is 5.10 Å². The van der Waals surface area contributed by atoms with E-state index in [1.807, 2.05) is 30.9 Å². The van der Waals surface area contributed by atoms with E-state index in [4.69, 9.17) is 0 Å². The molecule has 2 aromatic rings. The molecule has 28 heavy (non-hydrogen) atoms. The topological polar surface area (TPSA) is 80.1 Å². The Morgan fingerprint density at radius 2 is 1.75 bits per heavy atom. The van der Waals surface area contributed by atoms with Crippen LogP contribution < -0.4 is 5.32 Å². The van der Waals surface area contributed by atoms with Crippen LogP contribution in [-0.2, 0) is 4.79 Å². The van der Waals surface area contributed by atoms with Crippen LogP contribution in [0.2, 0.25) is 0 Å². The first-order chi connectivity index (χ1) is 13.4. The van der Waals surface area contributed by atoms with Gasteiger partial charge in [-0.25, -0.2) is 0 Å². The molecule has 2 amide bonds. The fraction of sp³-hybridized carbons (Fsp3) is 0.524. The molecule has 0 atom stereocenters. The second kappa shape index (κ2) is 7.37. The van der Waals surface area contributed by atoms with E-state index in [2.05, 4.69) is 21.6 Å². The third kappa shape index (κ3) is 3.79. The number of benzene rings is 1. The van der Waals surface area contributed by atoms with Crippen LogP contribution in [0, 0.1) is 26.7 Å². The van der Waals surface area contributed by atoms with Gasteiger partial charge in [0.15, 0.2) is 5.69 Å². The molecule has 1 N–H and O–H groups in total. The largest absolute Gasteiger partial charge is 0.348 e. The highest BCUT2D eigenvalue weighted by Crippen LogP contribution is 2.31. The van der Waals surface area contributed by atoms with E-state index >= 15 is 0 Å². The maximum atomic E-state index is 12.7. The van der Waals surface area contributed by atoms with Gasteiger partial charge in [-0.3, -0.25) is 9.59 Å². The quantitative estimate of drug-likeness (QED) is 0.881. The minimum absolute atomic E-state index is 0.0708. The molecule has 2 fully saturated rings. The molecule has 0 unspecified atom stereocenters. The smallest absolute Gasteiger partial charge is 0.273 e. The van der Waals surface area contributed by atoms with Gasteiger partial charge in [0.2, 0.25) is 5.91 Å². The molecule has 7 heteroatoms. The third-order valence-corrected chi connectivity index (χ3v) is 5.63. The summed E-state index contributed by atoms with van der Waals surface area (Å²) < 4.78 is 0. The van der Waals surface area contributed by atoms with Gasteiger partial charge >= 0.3 is 0 Å². The molecule has 1 aliphatic heterocycles. The first kappa shape index (κ1) is 18.7. The van der Waals surface area contributed by atoms with E-state index in [1.165, 1.54) is 10.4 Å². The zero-order valence-corrected chi connectivity index (χ0v) is 16.7. The SMILES string of the molecule is Cc1ccc(-n2nc(C)c(C(=O)NC3CCN(C(=O)C4CC4)CC3)n2)c(C)c1. The van der Waals surface area contributed by atoms with Crippen LogP contribution in [-0.4, -0.2) is 50.8 Å². The normalized spacial score (nSPS) is 17.6. The van der Waals surface area contributed by atoms with Gasteiger partial charge in [-0.05, 0) is 58.1 Å². The summed E-state index contributed by atoms with van der Waals surface area (Å²) in [5.41, 5.74) is 4.08. The number of hydrogen-bond donors (Lipinski definition) is 1. The molecular weight excluding hydrogens is 354 g/mol. The zero-order valence-electron chi connectivity index (χ0n) is 16.7. The van der Waals surface area contributed by atoms with E-state index in [1.54, 1.807) is 6.92 Å². The van der Waals surface area contributed by atoms with Crippen LogP contribution in [0.4, 0.5) is 0 Å². The molecule has 1 saturated heterocycles. The molecule has 0 spiro atoms. The minimum atomic E-state index is -0.194. The fourth-order valence-corrected chi connectivity index (χ4v) is 3.81. The summed E-state index contributed by atoms with van der Waals surface area (Å²) in [7, 11) is 0. The van der Waals surface area contributed by atoms with Gasteiger partial charge in [0.25, 0.3) is 5.91 Å². The molecule has 1 aliphatic carbocycles. The van der Waals surface area contributed by atoms with Crippen LogP contribution in [0.25, 0.3) is 5.69 Å². The Balaban J connectivity index is 1.40. The summed E-state index contributed by atoms with van der Waals surface area (Å²) in [6.07, 6.45) is 3.64. The second-order valence-electron chi connectivity index (χ2n) is 8.06. The first-order valence-electron chi connectivity index (χ1n) is 10.0. The van der Waals surface area contributed by atoms with Crippen molar-refractivity contribution in [3.8, 4) is 5.69 Å². The summed E-state index contributed by atoms with van der Waals surface area (Å²) >= 11 is 0. The van der Waals surface area contributed by atoms with Crippen molar-refractivity contribution in [2.45, 2.75) is 52.5 Å². The van der Waals surface area contributed by atoms with Gasteiger partial charge in [0.05, 0.1) is 11.4 Å². The molecule has 1 aromatic carbocycles. The summed E-state index contributed by atoms with van der Waals surface area (Å²) in [6.45, 7) is 7.29. The molecule has 7 nitrogen and oxygen atoms in total. The zero-order chi connectivity index (χ0) is 19.8. The number of carbonyl (C=O) groups is 2. The van der Waals surface area contributed by atoms with Crippen molar-refractivity contribution < 1.29 is 9.59 Å². The van der Waals surface area contributed by atoms with E-state index in [9.17, 15) is 9.59 Å². The van der Waals surface area contributed by atoms with Crippen molar-refractivity contribution >= 4 is 11.8 Å². The summed E-state index contributed by atoms with van der Waals surface area (Å²) in [6, 6.07) is 6.13. The van der Waals surface area contributed by atoms with Crippen LogP contribution in [0.3, 0.4) is 0 Å². The lowest BCUT2D eigenvalue weighted by Gasteiger charge is -2.32. The molecular formula is C21H27N5O2. The van der Waals surface area contributed by atoms with Crippen LogP contribution in [0.1, 0.15) is 53.0 Å². The fourth-order valence-electron chi connectivity index (χ4n) is 3.81. The average Bonchev–Trinajstić information content (AvgIpc) is 3.44. The minimum Gasteiger partial charge on any atom is -0.348 e. The highest BCUT2D eigenvalue weighted by molar-refractivity contribution is 5.93. The highest BCUT2D eigenvalue weighted by atomic mass is 16.2. The maximum Gasteiger partial charge on any atom is 0.273 e. The monoisotopic (exact) mass is 381 g/mol. The standard InChI is InChI=1S/C21H27N5O2/c1-13-4-7-18(14(2)12-13)26-23-15(3)19(24-26)20(27)22-17-8-10-25(11-9-17)21(28)16-5-6-16/h4,7,12,16-17H,5-6,8-11H2,1-3H3,(H,22,27). The van der Waals surface area contributed by atoms with Gasteiger partial charge in [0, 0.05) is 25.0 Å². The van der Waals surface area contributed by atoms with Crippen molar-refractivity contribution in [1.29, 1.82) is 0 Å². The number of piperidine rings is 1. The Labute approximate surface area is 165 Å². The van der Waals surface area contributed by atoms with Gasteiger partial charge in [-0.2, -0.15) is 9.90 Å². The molecule has 1 saturated carbocycles. The van der Waals surface area contributed by atoms with Crippen molar-refractivity contribution in [2.24, 2.45) is 5.92 Å². The van der Waals surface area contributed by atoms with Crippen molar-refractivity contribution in [2.75, 3.05) is 13.1 Å². The number of likely N-dealkylation sites (tertiary alicyclic amines) is 1. The number of amides is 2. The summed E-state index contributed by atoms with van der Waals surface area (Å²) in [5, 5.41) is 12.0. The number of hydrogen-bond acceptors (Lipinski definition) is 4. The van der Waals surface area contributed by atoms with Crippen molar-refractivity contribution in [1.82, 2.24) is 25.2 Å². The lowest BCUT2D eigenvalue weighted by atomic mass is 10.0. The Bertz CT molecular complexity index is 908. The Hall–Kier alpha value is -2.70. The predicted octanol–water partition coefficient (Wildman–Crippen LogP) is 2.32. The molecule has 4 rings (SSSR count). The number of rotatable bonds is 4. The van der Waals surface area contributed by atoms with E-state index in [-0.39, 0.29) is 23.8 Å². The molecule has 1 aromatic heterocycles. The number of nitrogens with zero attached hydrogens (tertiary/aromatic N) is 4. The number of carbonyl (C=O) groups excluding carboxylic acids is 2. The van der Waals surface area contributed by atoms with E-state index in [0.29, 0.717) is 24.5 Å². The molecule has 0 bridgehead atoms. The number of aryl methyl sites for hydroxylation is 3. The van der Waals surface area contributed by atoms with Crippen molar-refractivity contribution in [3.63, 3.8) is 0 Å². The van der Waals surface area contributed by atoms with Gasteiger partial charge < -0.3 is 10.2 Å². The van der Waals surface area contributed by atoms with E-state index < -0.39 is 0 Å². The molecule has 148 valence electrons. The molecule has 2 aliphatic rings. The van der Waals surface area contributed by atoms with Crippen molar-refractivity contribution in [3.05, 3.63) is 40.7 Å². The summed E-state index contributed by atoms with van der Waals surface area (Å²) in [5.74, 6) is 0.353. The van der Waals surface area contributed by atoms with Gasteiger partial charge in [0.1, 0.15) is 0 Å². The summed E-state index contributed by atoms with van der Waals surface area (Å²) in [4.78, 5) is 28.4. The number of nitrogens with one attached hydrogen (secondary N) is 1. The Morgan fingerprint density at radius 1 is 1.04 bits per heavy atom. The Morgan fingerprint density at radius 3 is 2.39 bits per heavy atom. The van der Waals surface area contributed by atoms with E-state index in [0.717, 1.165) is 36.9 Å². The third-order valence-electron chi connectivity index (χ3n) is 5.63. The maximum absolute atomic E-state index is 12.7. The molecule has 0 radical (unpaired) electrons. The van der Waals surface area contributed by atoms with Crippen LogP contribution in [0.5, 0.6) is 0 Å². The first-order valence-corrected chi connectivity index (χ1v) is 10.0. The van der Waals surface area contributed by atoms with Crippen LogP contribution >= 0.6 is 0 Å². The Kier molecular flexibility index (Phi) is 4.91. The highest BCUT2D eigenvalue weighted by Gasteiger charge is 2.35. The molecule has 2 heterocycles. The average molecular weight is 381 g/mol. The van der Waals surface area contributed by atoms with Crippen LogP contribution in [0.15, 0.2) is 18.2 Å². The lowest BCUT2D eigenvalue weighted by Crippen LogP contribution is -2.47. The second-order valence-corrected chi connectivity index (χ2v) is 8.06. The number of aromatic nitrogens is 3. The lowest BCUT2D eigenvalue weighted by molar-refractivity contribution is -0.133. The van der Waals surface area contributed by atoms with Gasteiger partial charge in [-0.1, -0.05) is 17.7 Å². The predicted molar refractivity (Wildman–Crippen MR) is 105 cm³/mol.